The van der Waals surface area contributed by atoms with Gasteiger partial charge in [-0.2, -0.15) is 0 Å². The van der Waals surface area contributed by atoms with Crippen molar-refractivity contribution in [1.29, 1.82) is 0 Å². The van der Waals surface area contributed by atoms with Crippen molar-refractivity contribution in [2.24, 2.45) is 5.41 Å². The molecule has 1 aliphatic rings. The fourth-order valence-electron chi connectivity index (χ4n) is 0.868. The van der Waals surface area contributed by atoms with Crippen LogP contribution in [0.1, 0.15) is 26.7 Å². The van der Waals surface area contributed by atoms with E-state index in [-0.39, 0.29) is 11.3 Å². The molecule has 1 atom stereocenters. The lowest BCUT2D eigenvalue weighted by molar-refractivity contribution is -0.126. The van der Waals surface area contributed by atoms with Crippen molar-refractivity contribution >= 4 is 5.91 Å². The van der Waals surface area contributed by atoms with Gasteiger partial charge >= 0.3 is 0 Å². The largest absolute Gasteiger partial charge is 0.392 e. The van der Waals surface area contributed by atoms with E-state index >= 15 is 0 Å². The van der Waals surface area contributed by atoms with Gasteiger partial charge in [0.2, 0.25) is 5.91 Å². The van der Waals surface area contributed by atoms with Crippen molar-refractivity contribution in [3.63, 3.8) is 0 Å². The molecule has 3 nitrogen and oxygen atoms in total. The highest BCUT2D eigenvalue weighted by Gasteiger charge is 2.44. The summed E-state index contributed by atoms with van der Waals surface area (Å²) in [5.41, 5.74) is -0.116. The molecule has 1 aliphatic carbocycles. The van der Waals surface area contributed by atoms with Crippen LogP contribution in [0.3, 0.4) is 0 Å². The molecule has 0 aromatic rings. The van der Waals surface area contributed by atoms with Gasteiger partial charge in [-0.1, -0.05) is 6.92 Å². The predicted octanol–water partition coefficient (Wildman–Crippen LogP) is 0.283. The lowest BCUT2D eigenvalue weighted by atomic mass is 10.1. The lowest BCUT2D eigenvalue weighted by Crippen LogP contribution is -2.35. The first-order valence-corrected chi connectivity index (χ1v) is 4.01. The van der Waals surface area contributed by atoms with Gasteiger partial charge < -0.3 is 10.4 Å². The fourth-order valence-corrected chi connectivity index (χ4v) is 0.868. The highest BCUT2D eigenvalue weighted by molar-refractivity contribution is 5.84. The van der Waals surface area contributed by atoms with Crippen molar-refractivity contribution in [1.82, 2.24) is 5.32 Å². The van der Waals surface area contributed by atoms with Gasteiger partial charge in [0.25, 0.3) is 0 Å². The van der Waals surface area contributed by atoms with E-state index < -0.39 is 6.10 Å². The number of carbonyl (C=O) groups excluding carboxylic acids is 1. The summed E-state index contributed by atoms with van der Waals surface area (Å²) in [6.07, 6.45) is 1.53. The van der Waals surface area contributed by atoms with Gasteiger partial charge in [0, 0.05) is 12.0 Å². The van der Waals surface area contributed by atoms with E-state index in [4.69, 9.17) is 5.11 Å². The summed E-state index contributed by atoms with van der Waals surface area (Å²) in [6, 6.07) is 0. The Morgan fingerprint density at radius 3 is 2.64 bits per heavy atom. The van der Waals surface area contributed by atoms with Gasteiger partial charge in [0.05, 0.1) is 6.10 Å². The van der Waals surface area contributed by atoms with Crippen LogP contribution >= 0.6 is 0 Å². The Balaban J connectivity index is 2.22. The molecule has 0 radical (unpaired) electrons. The second-order valence-electron chi connectivity index (χ2n) is 3.62. The summed E-state index contributed by atoms with van der Waals surface area (Å²) in [5, 5.41) is 11.6. The number of nitrogens with one attached hydrogen (secondary N) is 1. The SMILES string of the molecule is CC(O)CNC(=O)C1(C)CC1. The molecule has 64 valence electrons. The molecule has 1 rings (SSSR count). The third-order valence-electron chi connectivity index (χ3n) is 2.11. The molecule has 0 bridgehead atoms. The molecule has 0 aliphatic heterocycles. The van der Waals surface area contributed by atoms with Crippen LogP contribution in [0.4, 0.5) is 0 Å². The quantitative estimate of drug-likeness (QED) is 0.618. The number of amides is 1. The summed E-state index contributed by atoms with van der Waals surface area (Å²) in [4.78, 5) is 11.2. The summed E-state index contributed by atoms with van der Waals surface area (Å²) in [6.45, 7) is 3.98. The maximum atomic E-state index is 11.2. The number of aliphatic hydroxyl groups excluding tert-OH is 1. The molecule has 1 unspecified atom stereocenters. The average Bonchev–Trinajstić information content (AvgIpc) is 2.64. The smallest absolute Gasteiger partial charge is 0.226 e. The second-order valence-corrected chi connectivity index (χ2v) is 3.62. The van der Waals surface area contributed by atoms with Crippen LogP contribution in [0.15, 0.2) is 0 Å². The van der Waals surface area contributed by atoms with Crippen molar-refractivity contribution in [3.8, 4) is 0 Å². The Labute approximate surface area is 66.8 Å². The highest BCUT2D eigenvalue weighted by atomic mass is 16.3. The first kappa shape index (κ1) is 8.53. The van der Waals surface area contributed by atoms with E-state index in [1.807, 2.05) is 6.92 Å². The fraction of sp³-hybridized carbons (Fsp3) is 0.875. The zero-order chi connectivity index (χ0) is 8.48. The molecule has 3 heteroatoms. The molecule has 1 fully saturated rings. The van der Waals surface area contributed by atoms with E-state index in [0.717, 1.165) is 12.8 Å². The van der Waals surface area contributed by atoms with Crippen LogP contribution in [0, 0.1) is 5.41 Å². The van der Waals surface area contributed by atoms with E-state index in [2.05, 4.69) is 5.32 Å². The Bertz CT molecular complexity index is 161. The third-order valence-corrected chi connectivity index (χ3v) is 2.11. The van der Waals surface area contributed by atoms with Crippen LogP contribution in [-0.4, -0.2) is 23.7 Å². The molecular weight excluding hydrogens is 142 g/mol. The molecule has 1 saturated carbocycles. The highest BCUT2D eigenvalue weighted by Crippen LogP contribution is 2.44. The Hall–Kier alpha value is -0.570. The van der Waals surface area contributed by atoms with Crippen molar-refractivity contribution in [2.75, 3.05) is 6.54 Å². The molecule has 2 N–H and O–H groups in total. The molecule has 0 aromatic heterocycles. The van der Waals surface area contributed by atoms with Gasteiger partial charge in [-0.3, -0.25) is 4.79 Å². The van der Waals surface area contributed by atoms with E-state index in [0.29, 0.717) is 6.54 Å². The second kappa shape index (κ2) is 2.81. The first-order chi connectivity index (χ1) is 5.04. The lowest BCUT2D eigenvalue weighted by Gasteiger charge is -2.10. The summed E-state index contributed by atoms with van der Waals surface area (Å²) >= 11 is 0. The van der Waals surface area contributed by atoms with Gasteiger partial charge in [-0.25, -0.2) is 0 Å². The number of carbonyl (C=O) groups is 1. The van der Waals surface area contributed by atoms with E-state index in [9.17, 15) is 4.79 Å². The molecule has 0 saturated heterocycles. The molecule has 1 amide bonds. The maximum absolute atomic E-state index is 11.2. The van der Waals surface area contributed by atoms with Crippen LogP contribution in [0.2, 0.25) is 0 Å². The van der Waals surface area contributed by atoms with Crippen LogP contribution in [-0.2, 0) is 4.79 Å². The van der Waals surface area contributed by atoms with Crippen molar-refractivity contribution < 1.29 is 9.90 Å². The minimum Gasteiger partial charge on any atom is -0.392 e. The predicted molar refractivity (Wildman–Crippen MR) is 42.0 cm³/mol. The topological polar surface area (TPSA) is 49.3 Å². The van der Waals surface area contributed by atoms with Gasteiger partial charge in [0.15, 0.2) is 0 Å². The third kappa shape index (κ3) is 2.19. The summed E-state index contributed by atoms with van der Waals surface area (Å²) < 4.78 is 0. The van der Waals surface area contributed by atoms with Crippen LogP contribution in [0.25, 0.3) is 0 Å². The molecule has 11 heavy (non-hydrogen) atoms. The zero-order valence-electron chi connectivity index (χ0n) is 7.05. The standard InChI is InChI=1S/C8H15NO2/c1-6(10)5-9-7(11)8(2)3-4-8/h6,10H,3-5H2,1-2H3,(H,9,11). The number of rotatable bonds is 3. The van der Waals surface area contributed by atoms with E-state index in [1.54, 1.807) is 6.92 Å². The summed E-state index contributed by atoms with van der Waals surface area (Å²) in [5.74, 6) is 0.0819. The van der Waals surface area contributed by atoms with E-state index in [1.165, 1.54) is 0 Å². The average molecular weight is 157 g/mol. The van der Waals surface area contributed by atoms with Crippen LogP contribution < -0.4 is 5.32 Å². The number of aliphatic hydroxyl groups is 1. The molecular formula is C8H15NO2. The van der Waals surface area contributed by atoms with Gasteiger partial charge in [-0.15, -0.1) is 0 Å². The van der Waals surface area contributed by atoms with Gasteiger partial charge in [0.1, 0.15) is 0 Å². The summed E-state index contributed by atoms with van der Waals surface area (Å²) in [7, 11) is 0. The van der Waals surface area contributed by atoms with Crippen molar-refractivity contribution in [3.05, 3.63) is 0 Å². The molecule has 0 heterocycles. The maximum Gasteiger partial charge on any atom is 0.226 e. The number of hydrogen-bond acceptors (Lipinski definition) is 2. The Kier molecular flexibility index (Phi) is 2.18. The zero-order valence-corrected chi connectivity index (χ0v) is 7.05. The minimum atomic E-state index is -0.443. The Morgan fingerprint density at radius 1 is 1.73 bits per heavy atom. The number of hydrogen-bond donors (Lipinski definition) is 2. The van der Waals surface area contributed by atoms with Gasteiger partial charge in [-0.05, 0) is 19.8 Å². The molecule has 0 aromatic carbocycles. The van der Waals surface area contributed by atoms with Crippen molar-refractivity contribution in [2.45, 2.75) is 32.8 Å². The first-order valence-electron chi connectivity index (χ1n) is 4.01. The Morgan fingerprint density at radius 2 is 2.27 bits per heavy atom. The normalized spacial score (nSPS) is 22.5. The molecule has 0 spiro atoms. The monoisotopic (exact) mass is 157 g/mol. The van der Waals surface area contributed by atoms with Crippen LogP contribution in [0.5, 0.6) is 0 Å². The minimum absolute atomic E-state index is 0.0819.